The summed E-state index contributed by atoms with van der Waals surface area (Å²) < 4.78 is 63.2. The van der Waals surface area contributed by atoms with Gasteiger partial charge in [0.05, 0.1) is 23.5 Å². The van der Waals surface area contributed by atoms with Gasteiger partial charge in [-0.05, 0) is 48.9 Å². The van der Waals surface area contributed by atoms with Crippen LogP contribution in [0, 0.1) is 0 Å². The van der Waals surface area contributed by atoms with Crippen LogP contribution in [-0.4, -0.2) is 33.2 Å². The van der Waals surface area contributed by atoms with Crippen LogP contribution in [0.25, 0.3) is 0 Å². The fraction of sp³-hybridized carbons (Fsp3) is 0.278. The summed E-state index contributed by atoms with van der Waals surface area (Å²) in [5.41, 5.74) is 0.360. The predicted octanol–water partition coefficient (Wildman–Crippen LogP) is 3.30. The zero-order chi connectivity index (χ0) is 20.4. The van der Waals surface area contributed by atoms with Gasteiger partial charge < -0.3 is 10.6 Å². The van der Waals surface area contributed by atoms with Gasteiger partial charge in [-0.25, -0.2) is 8.42 Å². The van der Waals surface area contributed by atoms with Crippen molar-refractivity contribution in [3.63, 3.8) is 0 Å². The van der Waals surface area contributed by atoms with Crippen molar-refractivity contribution < 1.29 is 26.4 Å². The Morgan fingerprint density at radius 2 is 1.79 bits per heavy atom. The molecule has 28 heavy (non-hydrogen) atoms. The lowest BCUT2D eigenvalue weighted by Crippen LogP contribution is -2.25. The number of hydrogen-bond donors (Lipinski definition) is 2. The van der Waals surface area contributed by atoms with Crippen molar-refractivity contribution in [3.8, 4) is 0 Å². The van der Waals surface area contributed by atoms with Crippen LogP contribution in [0.3, 0.4) is 0 Å². The van der Waals surface area contributed by atoms with E-state index in [0.29, 0.717) is 24.3 Å². The molecule has 1 saturated heterocycles. The summed E-state index contributed by atoms with van der Waals surface area (Å²) in [6, 6.07) is 10.9. The van der Waals surface area contributed by atoms with Gasteiger partial charge in [0.25, 0.3) is 0 Å². The molecule has 2 aromatic rings. The molecule has 1 fully saturated rings. The lowest BCUT2D eigenvalue weighted by atomic mass is 10.2. The van der Waals surface area contributed by atoms with Gasteiger partial charge in [0.2, 0.25) is 15.9 Å². The Morgan fingerprint density at radius 3 is 2.39 bits per heavy atom. The van der Waals surface area contributed by atoms with Crippen molar-refractivity contribution in [2.45, 2.75) is 12.6 Å². The first-order chi connectivity index (χ1) is 13.1. The van der Waals surface area contributed by atoms with Gasteiger partial charge in [-0.15, -0.1) is 0 Å². The average Bonchev–Trinajstić information content (AvgIpc) is 2.99. The molecule has 2 N–H and O–H groups in total. The van der Waals surface area contributed by atoms with Crippen LogP contribution in [-0.2, 0) is 21.0 Å². The van der Waals surface area contributed by atoms with E-state index in [0.717, 1.165) is 12.1 Å². The van der Waals surface area contributed by atoms with Crippen molar-refractivity contribution in [1.29, 1.82) is 0 Å². The Hall–Kier alpha value is -2.75. The van der Waals surface area contributed by atoms with Gasteiger partial charge in [0.1, 0.15) is 0 Å². The minimum absolute atomic E-state index is 0.118. The van der Waals surface area contributed by atoms with Gasteiger partial charge in [-0.3, -0.25) is 9.10 Å². The molecule has 3 rings (SSSR count). The molecule has 0 spiro atoms. The maximum atomic E-state index is 12.7. The summed E-state index contributed by atoms with van der Waals surface area (Å²) in [5.74, 6) is -0.328. The van der Waals surface area contributed by atoms with Crippen molar-refractivity contribution >= 4 is 33.0 Å². The van der Waals surface area contributed by atoms with Gasteiger partial charge in [0, 0.05) is 17.9 Å². The highest BCUT2D eigenvalue weighted by molar-refractivity contribution is 7.93. The molecule has 0 aliphatic carbocycles. The molecule has 0 unspecified atom stereocenters. The maximum Gasteiger partial charge on any atom is 0.416 e. The zero-order valence-corrected chi connectivity index (χ0v) is 15.5. The number of carbonyl (C=O) groups is 1. The van der Waals surface area contributed by atoms with E-state index in [1.165, 1.54) is 16.4 Å². The SMILES string of the molecule is O=C(CNc1cccc(C(F)(F)F)c1)Nc1ccc(N2CCCS2(=O)=O)cc1. The van der Waals surface area contributed by atoms with E-state index in [4.69, 9.17) is 0 Å². The average molecular weight is 413 g/mol. The normalized spacial score (nSPS) is 16.0. The first kappa shape index (κ1) is 20.0. The third-order valence-electron chi connectivity index (χ3n) is 4.18. The number of nitrogens with zero attached hydrogens (tertiary/aromatic N) is 1. The van der Waals surface area contributed by atoms with Gasteiger partial charge in [-0.1, -0.05) is 6.07 Å². The van der Waals surface area contributed by atoms with Gasteiger partial charge in [-0.2, -0.15) is 13.2 Å². The molecular formula is C18H18F3N3O3S. The second kappa shape index (κ2) is 7.70. The van der Waals surface area contributed by atoms with Crippen LogP contribution in [0.4, 0.5) is 30.2 Å². The molecule has 0 atom stereocenters. The van der Waals surface area contributed by atoms with Crippen LogP contribution < -0.4 is 14.9 Å². The van der Waals surface area contributed by atoms with Crippen LogP contribution in [0.5, 0.6) is 0 Å². The number of benzene rings is 2. The minimum Gasteiger partial charge on any atom is -0.376 e. The fourth-order valence-corrected chi connectivity index (χ4v) is 4.40. The molecule has 2 aromatic carbocycles. The summed E-state index contributed by atoms with van der Waals surface area (Å²) >= 11 is 0. The van der Waals surface area contributed by atoms with Crippen LogP contribution in [0.15, 0.2) is 48.5 Å². The Balaban J connectivity index is 1.57. The molecule has 6 nitrogen and oxygen atoms in total. The lowest BCUT2D eigenvalue weighted by molar-refractivity contribution is -0.137. The number of halogens is 3. The molecule has 0 bridgehead atoms. The summed E-state index contributed by atoms with van der Waals surface area (Å²) in [6.07, 6.45) is -3.88. The Bertz CT molecular complexity index is 960. The number of rotatable bonds is 5. The van der Waals surface area contributed by atoms with Gasteiger partial charge in [0.15, 0.2) is 0 Å². The highest BCUT2D eigenvalue weighted by Crippen LogP contribution is 2.30. The standard InChI is InChI=1S/C18H18F3N3O3S/c19-18(20,21)13-3-1-4-15(11-13)22-12-17(25)23-14-5-7-16(8-6-14)24-9-2-10-28(24,26)27/h1,3-8,11,22H,2,9-10,12H2,(H,23,25). The van der Waals surface area contributed by atoms with E-state index in [2.05, 4.69) is 10.6 Å². The molecular weight excluding hydrogens is 395 g/mol. The molecule has 1 amide bonds. The number of hydrogen-bond acceptors (Lipinski definition) is 4. The molecule has 10 heteroatoms. The first-order valence-corrected chi connectivity index (χ1v) is 10.1. The molecule has 1 heterocycles. The van der Waals surface area contributed by atoms with Crippen molar-refractivity contribution in [1.82, 2.24) is 0 Å². The third-order valence-corrected chi connectivity index (χ3v) is 6.05. The summed E-state index contributed by atoms with van der Waals surface area (Å²) in [4.78, 5) is 12.0. The molecule has 1 aliphatic heterocycles. The molecule has 0 radical (unpaired) electrons. The minimum atomic E-state index is -4.45. The second-order valence-corrected chi connectivity index (χ2v) is 8.28. The first-order valence-electron chi connectivity index (χ1n) is 8.47. The van der Waals surface area contributed by atoms with Crippen molar-refractivity contribution in [2.24, 2.45) is 0 Å². The fourth-order valence-electron chi connectivity index (χ4n) is 2.83. The van der Waals surface area contributed by atoms with E-state index in [1.807, 2.05) is 0 Å². The van der Waals surface area contributed by atoms with E-state index in [1.54, 1.807) is 24.3 Å². The van der Waals surface area contributed by atoms with Gasteiger partial charge >= 0.3 is 6.18 Å². The Labute approximate surface area is 160 Å². The lowest BCUT2D eigenvalue weighted by Gasteiger charge is -2.17. The number of carbonyl (C=O) groups excluding carboxylic acids is 1. The zero-order valence-electron chi connectivity index (χ0n) is 14.7. The summed E-state index contributed by atoms with van der Waals surface area (Å²) in [5, 5.41) is 5.25. The van der Waals surface area contributed by atoms with E-state index in [9.17, 15) is 26.4 Å². The molecule has 0 saturated carbocycles. The Kier molecular flexibility index (Phi) is 5.50. The largest absolute Gasteiger partial charge is 0.416 e. The summed E-state index contributed by atoms with van der Waals surface area (Å²) in [7, 11) is -3.27. The third kappa shape index (κ3) is 4.75. The number of sulfonamides is 1. The predicted molar refractivity (Wildman–Crippen MR) is 101 cm³/mol. The van der Waals surface area contributed by atoms with E-state index >= 15 is 0 Å². The van der Waals surface area contributed by atoms with E-state index in [-0.39, 0.29) is 18.0 Å². The highest BCUT2D eigenvalue weighted by atomic mass is 32.2. The molecule has 150 valence electrons. The number of alkyl halides is 3. The molecule has 1 aliphatic rings. The van der Waals surface area contributed by atoms with Crippen molar-refractivity contribution in [3.05, 3.63) is 54.1 Å². The monoisotopic (exact) mass is 413 g/mol. The second-order valence-electron chi connectivity index (χ2n) is 6.27. The topological polar surface area (TPSA) is 78.5 Å². The maximum absolute atomic E-state index is 12.7. The molecule has 0 aromatic heterocycles. The van der Waals surface area contributed by atoms with E-state index < -0.39 is 27.7 Å². The number of amides is 1. The van der Waals surface area contributed by atoms with Crippen molar-refractivity contribution in [2.75, 3.05) is 33.8 Å². The quantitative estimate of drug-likeness (QED) is 0.789. The Morgan fingerprint density at radius 1 is 1.07 bits per heavy atom. The van der Waals surface area contributed by atoms with Crippen LogP contribution in [0.2, 0.25) is 0 Å². The highest BCUT2D eigenvalue weighted by Gasteiger charge is 2.30. The number of anilines is 3. The van der Waals surface area contributed by atoms with Crippen LogP contribution >= 0.6 is 0 Å². The smallest absolute Gasteiger partial charge is 0.376 e. The van der Waals surface area contributed by atoms with Crippen LogP contribution in [0.1, 0.15) is 12.0 Å². The summed E-state index contributed by atoms with van der Waals surface area (Å²) in [6.45, 7) is 0.207. The number of nitrogens with one attached hydrogen (secondary N) is 2.